The van der Waals surface area contributed by atoms with Crippen LogP contribution in [0.3, 0.4) is 0 Å². The minimum atomic E-state index is -0.691. The highest BCUT2D eigenvalue weighted by atomic mass is 16.5. The lowest BCUT2D eigenvalue weighted by Gasteiger charge is -2.15. The number of pyridine rings is 1. The fraction of sp³-hybridized carbons (Fsp3) is 0.267. The van der Waals surface area contributed by atoms with Crippen LogP contribution < -0.4 is 10.5 Å². The van der Waals surface area contributed by atoms with E-state index in [0.717, 1.165) is 16.9 Å². The first kappa shape index (κ1) is 13.4. The highest BCUT2D eigenvalue weighted by Crippen LogP contribution is 2.27. The van der Waals surface area contributed by atoms with E-state index in [4.69, 9.17) is 10.5 Å². The van der Waals surface area contributed by atoms with Gasteiger partial charge in [-0.1, -0.05) is 18.2 Å². The number of nitrogens with two attached hydrogens (primary N) is 1. The van der Waals surface area contributed by atoms with Crippen LogP contribution in [0.15, 0.2) is 36.5 Å². The molecule has 0 aliphatic rings. The largest absolute Gasteiger partial charge is 0.496 e. The molecule has 0 aliphatic carbocycles. The maximum atomic E-state index is 10.3. The summed E-state index contributed by atoms with van der Waals surface area (Å²) in [6.45, 7) is 1.92. The molecule has 19 heavy (non-hydrogen) atoms. The Morgan fingerprint density at radius 3 is 2.84 bits per heavy atom. The predicted octanol–water partition coefficient (Wildman–Crippen LogP) is 2.26. The number of aryl methyl sites for hydroxylation is 1. The molecule has 2 rings (SSSR count). The molecule has 100 valence electrons. The summed E-state index contributed by atoms with van der Waals surface area (Å²) in [6.07, 6.45) is 1.44. The average Bonchev–Trinajstić information content (AvgIpc) is 2.42. The highest BCUT2D eigenvalue weighted by Gasteiger charge is 2.15. The normalized spacial score (nSPS) is 12.2. The predicted molar refractivity (Wildman–Crippen MR) is 75.0 cm³/mol. The summed E-state index contributed by atoms with van der Waals surface area (Å²) >= 11 is 0. The Bertz CT molecular complexity index is 570. The second-order valence-corrected chi connectivity index (χ2v) is 4.52. The fourth-order valence-electron chi connectivity index (χ4n) is 2.06. The number of hydrogen-bond acceptors (Lipinski definition) is 4. The standard InChI is InChI=1S/C15H18N2O2/c1-10-7-12(15(16)17-9-10)13(18)8-11-5-3-4-6-14(11)19-2/h3-7,9,13,18H,8H2,1-2H3,(H2,16,17). The van der Waals surface area contributed by atoms with Crippen molar-refractivity contribution in [3.05, 3.63) is 53.2 Å². The average molecular weight is 258 g/mol. The van der Waals surface area contributed by atoms with Crippen molar-refractivity contribution in [2.45, 2.75) is 19.4 Å². The van der Waals surface area contributed by atoms with E-state index in [9.17, 15) is 5.11 Å². The quantitative estimate of drug-likeness (QED) is 0.882. The number of aliphatic hydroxyl groups excluding tert-OH is 1. The summed E-state index contributed by atoms with van der Waals surface area (Å²) in [4.78, 5) is 4.07. The lowest BCUT2D eigenvalue weighted by molar-refractivity contribution is 0.177. The monoisotopic (exact) mass is 258 g/mol. The molecule has 1 aromatic carbocycles. The zero-order valence-corrected chi connectivity index (χ0v) is 11.1. The molecule has 1 aromatic heterocycles. The van der Waals surface area contributed by atoms with Crippen LogP contribution in [0.25, 0.3) is 0 Å². The van der Waals surface area contributed by atoms with Gasteiger partial charge in [-0.15, -0.1) is 0 Å². The number of para-hydroxylation sites is 1. The van der Waals surface area contributed by atoms with Gasteiger partial charge in [-0.05, 0) is 30.2 Å². The lowest BCUT2D eigenvalue weighted by Crippen LogP contribution is -2.08. The first-order valence-corrected chi connectivity index (χ1v) is 6.13. The van der Waals surface area contributed by atoms with Crippen molar-refractivity contribution in [3.63, 3.8) is 0 Å². The Morgan fingerprint density at radius 1 is 1.37 bits per heavy atom. The smallest absolute Gasteiger partial charge is 0.129 e. The van der Waals surface area contributed by atoms with Gasteiger partial charge >= 0.3 is 0 Å². The Morgan fingerprint density at radius 2 is 2.11 bits per heavy atom. The van der Waals surface area contributed by atoms with E-state index in [2.05, 4.69) is 4.98 Å². The number of hydrogen-bond donors (Lipinski definition) is 2. The van der Waals surface area contributed by atoms with Gasteiger partial charge in [0.1, 0.15) is 11.6 Å². The first-order valence-electron chi connectivity index (χ1n) is 6.13. The van der Waals surface area contributed by atoms with E-state index in [1.54, 1.807) is 13.3 Å². The molecule has 4 nitrogen and oxygen atoms in total. The molecular formula is C15H18N2O2. The van der Waals surface area contributed by atoms with E-state index >= 15 is 0 Å². The van der Waals surface area contributed by atoms with E-state index < -0.39 is 6.10 Å². The molecule has 3 N–H and O–H groups in total. The molecule has 0 saturated carbocycles. The molecule has 4 heteroatoms. The number of methoxy groups -OCH3 is 1. The van der Waals surface area contributed by atoms with Crippen LogP contribution in [0.2, 0.25) is 0 Å². The molecule has 0 bridgehead atoms. The van der Waals surface area contributed by atoms with Gasteiger partial charge in [0, 0.05) is 18.2 Å². The van der Waals surface area contributed by atoms with Crippen LogP contribution in [0.1, 0.15) is 22.8 Å². The molecule has 1 unspecified atom stereocenters. The van der Waals surface area contributed by atoms with Crippen molar-refractivity contribution in [2.75, 3.05) is 12.8 Å². The van der Waals surface area contributed by atoms with Crippen molar-refractivity contribution in [2.24, 2.45) is 0 Å². The van der Waals surface area contributed by atoms with Crippen molar-refractivity contribution in [1.29, 1.82) is 0 Å². The molecule has 2 aromatic rings. The van der Waals surface area contributed by atoms with Crippen molar-refractivity contribution in [1.82, 2.24) is 4.98 Å². The molecule has 1 heterocycles. The number of rotatable bonds is 4. The molecule has 0 radical (unpaired) electrons. The van der Waals surface area contributed by atoms with Crippen LogP contribution in [0.4, 0.5) is 5.82 Å². The Hall–Kier alpha value is -2.07. The van der Waals surface area contributed by atoms with Crippen LogP contribution in [0, 0.1) is 6.92 Å². The summed E-state index contributed by atoms with van der Waals surface area (Å²) in [5.41, 5.74) is 8.39. The SMILES string of the molecule is COc1ccccc1CC(O)c1cc(C)cnc1N. The van der Waals surface area contributed by atoms with E-state index in [1.165, 1.54) is 0 Å². The third-order valence-electron chi connectivity index (χ3n) is 3.05. The highest BCUT2D eigenvalue weighted by molar-refractivity contribution is 5.44. The Balaban J connectivity index is 2.25. The molecule has 1 atom stereocenters. The van der Waals surface area contributed by atoms with Crippen LogP contribution in [-0.4, -0.2) is 17.2 Å². The molecular weight excluding hydrogens is 240 g/mol. The lowest BCUT2D eigenvalue weighted by atomic mass is 10.0. The third-order valence-corrected chi connectivity index (χ3v) is 3.05. The summed E-state index contributed by atoms with van der Waals surface area (Å²) in [6, 6.07) is 9.49. The zero-order chi connectivity index (χ0) is 13.8. The van der Waals surface area contributed by atoms with Crippen molar-refractivity contribution < 1.29 is 9.84 Å². The second kappa shape index (κ2) is 5.71. The van der Waals surface area contributed by atoms with Crippen LogP contribution >= 0.6 is 0 Å². The molecule has 0 amide bonds. The van der Waals surface area contributed by atoms with Gasteiger partial charge in [0.2, 0.25) is 0 Å². The van der Waals surface area contributed by atoms with E-state index in [0.29, 0.717) is 17.8 Å². The van der Waals surface area contributed by atoms with Crippen molar-refractivity contribution >= 4 is 5.82 Å². The number of nitrogens with zero attached hydrogens (tertiary/aromatic N) is 1. The molecule has 0 spiro atoms. The molecule has 0 fully saturated rings. The van der Waals surface area contributed by atoms with Crippen LogP contribution in [0.5, 0.6) is 5.75 Å². The topological polar surface area (TPSA) is 68.4 Å². The summed E-state index contributed by atoms with van der Waals surface area (Å²) < 4.78 is 5.28. The number of nitrogen functional groups attached to an aromatic ring is 1. The number of anilines is 1. The Labute approximate surface area is 112 Å². The van der Waals surface area contributed by atoms with E-state index in [1.807, 2.05) is 37.3 Å². The van der Waals surface area contributed by atoms with Gasteiger partial charge in [-0.2, -0.15) is 0 Å². The third kappa shape index (κ3) is 3.03. The molecule has 0 saturated heterocycles. The Kier molecular flexibility index (Phi) is 4.02. The fourth-order valence-corrected chi connectivity index (χ4v) is 2.06. The summed E-state index contributed by atoms with van der Waals surface area (Å²) in [5, 5.41) is 10.3. The summed E-state index contributed by atoms with van der Waals surface area (Å²) in [5.74, 6) is 1.13. The number of aromatic nitrogens is 1. The van der Waals surface area contributed by atoms with Gasteiger partial charge < -0.3 is 15.6 Å². The van der Waals surface area contributed by atoms with E-state index in [-0.39, 0.29) is 0 Å². The van der Waals surface area contributed by atoms with Gasteiger partial charge in [-0.25, -0.2) is 4.98 Å². The van der Waals surface area contributed by atoms with Gasteiger partial charge in [0.15, 0.2) is 0 Å². The minimum Gasteiger partial charge on any atom is -0.496 e. The van der Waals surface area contributed by atoms with Crippen molar-refractivity contribution in [3.8, 4) is 5.75 Å². The number of ether oxygens (including phenoxy) is 1. The van der Waals surface area contributed by atoms with Crippen LogP contribution in [-0.2, 0) is 6.42 Å². The minimum absolute atomic E-state index is 0.369. The maximum absolute atomic E-state index is 10.3. The van der Waals surface area contributed by atoms with Gasteiger partial charge in [0.05, 0.1) is 13.2 Å². The number of aliphatic hydroxyl groups is 1. The van der Waals surface area contributed by atoms with Gasteiger partial charge in [0.25, 0.3) is 0 Å². The first-order chi connectivity index (χ1) is 9.11. The second-order valence-electron chi connectivity index (χ2n) is 4.52. The van der Waals surface area contributed by atoms with Gasteiger partial charge in [-0.3, -0.25) is 0 Å². The number of benzene rings is 1. The zero-order valence-electron chi connectivity index (χ0n) is 11.1. The molecule has 0 aliphatic heterocycles. The summed E-state index contributed by atoms with van der Waals surface area (Å²) in [7, 11) is 1.62. The maximum Gasteiger partial charge on any atom is 0.129 e.